The third kappa shape index (κ3) is 3.41. The van der Waals surface area contributed by atoms with Crippen molar-refractivity contribution in [3.8, 4) is 5.75 Å². The first-order valence-electron chi connectivity index (χ1n) is 9.03. The van der Waals surface area contributed by atoms with E-state index in [1.807, 2.05) is 42.6 Å². The van der Waals surface area contributed by atoms with E-state index in [9.17, 15) is 4.79 Å². The summed E-state index contributed by atoms with van der Waals surface area (Å²) in [6.45, 7) is 0.769. The van der Waals surface area contributed by atoms with Gasteiger partial charge in [-0.05, 0) is 65.9 Å². The highest BCUT2D eigenvalue weighted by Crippen LogP contribution is 2.36. The van der Waals surface area contributed by atoms with Gasteiger partial charge >= 0.3 is 0 Å². The molecule has 6 heteroatoms. The van der Waals surface area contributed by atoms with Gasteiger partial charge in [-0.1, -0.05) is 23.7 Å². The van der Waals surface area contributed by atoms with Crippen molar-refractivity contribution in [2.24, 2.45) is 5.73 Å². The maximum atomic E-state index is 11.7. The van der Waals surface area contributed by atoms with Crippen LogP contribution in [-0.4, -0.2) is 24.5 Å². The van der Waals surface area contributed by atoms with Crippen LogP contribution in [0, 0.1) is 0 Å². The van der Waals surface area contributed by atoms with Crippen molar-refractivity contribution in [2.75, 3.05) is 18.6 Å². The molecule has 0 atom stereocenters. The number of pyridine rings is 1. The number of benzene rings is 2. The van der Waals surface area contributed by atoms with Gasteiger partial charge in [0, 0.05) is 24.0 Å². The van der Waals surface area contributed by atoms with Crippen LogP contribution in [0.3, 0.4) is 0 Å². The van der Waals surface area contributed by atoms with Crippen LogP contribution in [0.15, 0.2) is 54.7 Å². The second-order valence-corrected chi connectivity index (χ2v) is 7.14. The van der Waals surface area contributed by atoms with Crippen molar-refractivity contribution in [1.82, 2.24) is 4.98 Å². The molecule has 1 aromatic heterocycles. The van der Waals surface area contributed by atoms with Gasteiger partial charge < -0.3 is 15.4 Å². The van der Waals surface area contributed by atoms with Gasteiger partial charge in [0.05, 0.1) is 12.1 Å². The van der Waals surface area contributed by atoms with Crippen molar-refractivity contribution >= 4 is 29.0 Å². The van der Waals surface area contributed by atoms with Crippen LogP contribution in [0.4, 0.5) is 11.5 Å². The number of anilines is 2. The molecular weight excluding hydrogens is 374 g/mol. The lowest BCUT2D eigenvalue weighted by molar-refractivity contribution is 0.0999. The Bertz CT molecular complexity index is 1050. The van der Waals surface area contributed by atoms with E-state index in [0.717, 1.165) is 47.6 Å². The van der Waals surface area contributed by atoms with E-state index in [1.165, 1.54) is 0 Å². The molecule has 2 heterocycles. The molecule has 0 unspecified atom stereocenters. The zero-order valence-corrected chi connectivity index (χ0v) is 16.2. The third-order valence-electron chi connectivity index (χ3n) is 5.00. The number of ether oxygens (including phenoxy) is 1. The molecule has 2 aromatic carbocycles. The SMILES string of the molecule is COc1cc(Cc2ccnc(N3CCc4c(C(N)=O)cccc43)c2)ccc1Cl. The molecule has 4 rings (SSSR count). The summed E-state index contributed by atoms with van der Waals surface area (Å²) < 4.78 is 5.31. The van der Waals surface area contributed by atoms with Gasteiger partial charge in [0.1, 0.15) is 11.6 Å². The molecular formula is C22H20ClN3O2. The number of fused-ring (bicyclic) bond motifs is 1. The minimum atomic E-state index is -0.392. The van der Waals surface area contributed by atoms with E-state index in [1.54, 1.807) is 13.2 Å². The fourth-order valence-electron chi connectivity index (χ4n) is 3.67. The maximum absolute atomic E-state index is 11.7. The number of methoxy groups -OCH3 is 1. The summed E-state index contributed by atoms with van der Waals surface area (Å²) in [4.78, 5) is 18.4. The zero-order chi connectivity index (χ0) is 19.7. The van der Waals surface area contributed by atoms with E-state index in [4.69, 9.17) is 22.1 Å². The Morgan fingerprint density at radius 2 is 2.04 bits per heavy atom. The van der Waals surface area contributed by atoms with Crippen LogP contribution >= 0.6 is 11.6 Å². The molecule has 2 N–H and O–H groups in total. The molecule has 0 bridgehead atoms. The normalized spacial score (nSPS) is 12.7. The molecule has 5 nitrogen and oxygen atoms in total. The lowest BCUT2D eigenvalue weighted by Crippen LogP contribution is -2.15. The van der Waals surface area contributed by atoms with Crippen molar-refractivity contribution in [2.45, 2.75) is 12.8 Å². The number of hydrogen-bond donors (Lipinski definition) is 1. The lowest BCUT2D eigenvalue weighted by atomic mass is 10.0. The number of carbonyl (C=O) groups excluding carboxylic acids is 1. The third-order valence-corrected chi connectivity index (χ3v) is 5.32. The lowest BCUT2D eigenvalue weighted by Gasteiger charge is -2.19. The van der Waals surface area contributed by atoms with Crippen LogP contribution in [0.5, 0.6) is 5.75 Å². The Morgan fingerprint density at radius 3 is 2.82 bits per heavy atom. The monoisotopic (exact) mass is 393 g/mol. The number of aromatic nitrogens is 1. The smallest absolute Gasteiger partial charge is 0.249 e. The molecule has 3 aromatic rings. The average Bonchev–Trinajstić information content (AvgIpc) is 3.13. The van der Waals surface area contributed by atoms with E-state index in [0.29, 0.717) is 16.3 Å². The number of hydrogen-bond acceptors (Lipinski definition) is 4. The van der Waals surface area contributed by atoms with E-state index in [2.05, 4.69) is 16.0 Å². The van der Waals surface area contributed by atoms with Gasteiger partial charge in [-0.3, -0.25) is 4.79 Å². The van der Waals surface area contributed by atoms with Gasteiger partial charge in [-0.25, -0.2) is 4.98 Å². The topological polar surface area (TPSA) is 68.4 Å². The summed E-state index contributed by atoms with van der Waals surface area (Å²) in [7, 11) is 1.61. The van der Waals surface area contributed by atoms with Gasteiger partial charge in [0.25, 0.3) is 0 Å². The molecule has 0 saturated carbocycles. The van der Waals surface area contributed by atoms with Crippen LogP contribution < -0.4 is 15.4 Å². The molecule has 142 valence electrons. The second kappa shape index (κ2) is 7.52. The fourth-order valence-corrected chi connectivity index (χ4v) is 3.87. The fraction of sp³-hybridized carbons (Fsp3) is 0.182. The average molecular weight is 394 g/mol. The predicted octanol–water partition coefficient (Wildman–Crippen LogP) is 4.13. The number of carbonyl (C=O) groups is 1. The highest BCUT2D eigenvalue weighted by molar-refractivity contribution is 6.32. The first kappa shape index (κ1) is 18.3. The summed E-state index contributed by atoms with van der Waals surface area (Å²) in [6.07, 6.45) is 3.33. The van der Waals surface area contributed by atoms with Gasteiger partial charge in [-0.2, -0.15) is 0 Å². The van der Waals surface area contributed by atoms with Gasteiger partial charge in [0.2, 0.25) is 5.91 Å². The number of halogens is 1. The first-order valence-corrected chi connectivity index (χ1v) is 9.41. The molecule has 0 spiro atoms. The van der Waals surface area contributed by atoms with Crippen molar-refractivity contribution in [3.05, 3.63) is 82.0 Å². The van der Waals surface area contributed by atoms with Crippen LogP contribution in [0.2, 0.25) is 5.02 Å². The number of amides is 1. The quantitative estimate of drug-likeness (QED) is 0.707. The summed E-state index contributed by atoms with van der Waals surface area (Å²) in [6, 6.07) is 15.5. The number of nitrogens with two attached hydrogens (primary N) is 1. The second-order valence-electron chi connectivity index (χ2n) is 6.74. The zero-order valence-electron chi connectivity index (χ0n) is 15.5. The number of primary amides is 1. The highest BCUT2D eigenvalue weighted by atomic mass is 35.5. The summed E-state index contributed by atoms with van der Waals surface area (Å²) in [5, 5.41) is 0.598. The Labute approximate surface area is 168 Å². The van der Waals surface area contributed by atoms with E-state index in [-0.39, 0.29) is 0 Å². The maximum Gasteiger partial charge on any atom is 0.249 e. The van der Waals surface area contributed by atoms with E-state index < -0.39 is 5.91 Å². The predicted molar refractivity (Wildman–Crippen MR) is 111 cm³/mol. The van der Waals surface area contributed by atoms with Gasteiger partial charge in [0.15, 0.2) is 0 Å². The van der Waals surface area contributed by atoms with Crippen LogP contribution in [0.1, 0.15) is 27.0 Å². The Kier molecular flexibility index (Phi) is 4.92. The minimum absolute atomic E-state index is 0.392. The Balaban J connectivity index is 1.63. The molecule has 1 aliphatic heterocycles. The molecule has 1 aliphatic rings. The van der Waals surface area contributed by atoms with Crippen molar-refractivity contribution < 1.29 is 9.53 Å². The molecule has 0 aliphatic carbocycles. The molecule has 1 amide bonds. The number of rotatable bonds is 5. The van der Waals surface area contributed by atoms with Crippen molar-refractivity contribution in [3.63, 3.8) is 0 Å². The van der Waals surface area contributed by atoms with Crippen molar-refractivity contribution in [1.29, 1.82) is 0 Å². The standard InChI is InChI=1S/C22H20ClN3O2/c1-28-20-12-14(5-6-18(20)23)11-15-7-9-25-21(13-15)26-10-8-16-17(22(24)27)3-2-4-19(16)26/h2-7,9,12-13H,8,10-11H2,1H3,(H2,24,27). The summed E-state index contributed by atoms with van der Waals surface area (Å²) >= 11 is 6.12. The molecule has 28 heavy (non-hydrogen) atoms. The van der Waals surface area contributed by atoms with Gasteiger partial charge in [-0.15, -0.1) is 0 Å². The largest absolute Gasteiger partial charge is 0.495 e. The summed E-state index contributed by atoms with van der Waals surface area (Å²) in [5.41, 5.74) is 10.3. The molecule has 0 fully saturated rings. The first-order chi connectivity index (χ1) is 13.6. The molecule has 0 saturated heterocycles. The highest BCUT2D eigenvalue weighted by Gasteiger charge is 2.25. The number of nitrogens with zero attached hydrogens (tertiary/aromatic N) is 2. The summed E-state index contributed by atoms with van der Waals surface area (Å²) in [5.74, 6) is 1.14. The van der Waals surface area contributed by atoms with Crippen LogP contribution in [0.25, 0.3) is 0 Å². The van der Waals surface area contributed by atoms with E-state index >= 15 is 0 Å². The minimum Gasteiger partial charge on any atom is -0.495 e. The molecule has 0 radical (unpaired) electrons. The van der Waals surface area contributed by atoms with Crippen LogP contribution in [-0.2, 0) is 12.8 Å². The Morgan fingerprint density at radius 1 is 1.21 bits per heavy atom. The Hall–Kier alpha value is -3.05.